The molecule has 0 radical (unpaired) electrons. The highest BCUT2D eigenvalue weighted by molar-refractivity contribution is 6.02. The van der Waals surface area contributed by atoms with Crippen LogP contribution in [0.15, 0.2) is 30.3 Å². The molecule has 1 aliphatic heterocycles. The number of aliphatic hydroxyl groups excluding tert-OH is 1. The largest absolute Gasteiger partial charge is 0.394 e. The third-order valence-corrected chi connectivity index (χ3v) is 2.98. The minimum Gasteiger partial charge on any atom is -0.394 e. The van der Waals surface area contributed by atoms with Gasteiger partial charge >= 0.3 is 0 Å². The van der Waals surface area contributed by atoms with Crippen LogP contribution in [-0.4, -0.2) is 34.5 Å². The van der Waals surface area contributed by atoms with E-state index in [0.29, 0.717) is 6.42 Å². The number of rotatable bonds is 4. The maximum Gasteiger partial charge on any atom is 0.230 e. The van der Waals surface area contributed by atoms with Crippen LogP contribution in [0.1, 0.15) is 18.4 Å². The molecule has 1 N–H and O–H groups in total. The van der Waals surface area contributed by atoms with Crippen LogP contribution in [-0.2, 0) is 16.0 Å². The molecule has 0 aromatic heterocycles. The molecule has 1 atom stereocenters. The van der Waals surface area contributed by atoms with Crippen LogP contribution < -0.4 is 0 Å². The van der Waals surface area contributed by atoms with Crippen LogP contribution in [0.2, 0.25) is 0 Å². The number of likely N-dealkylation sites (tertiary alicyclic amines) is 1. The first-order chi connectivity index (χ1) is 8.22. The second-order valence-corrected chi connectivity index (χ2v) is 4.18. The van der Waals surface area contributed by atoms with Gasteiger partial charge in [-0.15, -0.1) is 0 Å². The number of carbonyl (C=O) groups is 2. The number of hydrogen-bond acceptors (Lipinski definition) is 3. The number of amides is 2. The maximum atomic E-state index is 11.6. The van der Waals surface area contributed by atoms with Gasteiger partial charge in [0.05, 0.1) is 12.6 Å². The Morgan fingerprint density at radius 3 is 2.24 bits per heavy atom. The Labute approximate surface area is 99.9 Å². The molecule has 90 valence electrons. The Morgan fingerprint density at radius 1 is 1.12 bits per heavy atom. The summed E-state index contributed by atoms with van der Waals surface area (Å²) in [6, 6.07) is 9.12. The standard InChI is InChI=1S/C13H15NO3/c15-9-11(8-10-4-2-1-3-5-10)14-12(16)6-7-13(14)17/h1-5,11,15H,6-9H2/t11-/m0/s1. The Kier molecular flexibility index (Phi) is 3.54. The van der Waals surface area contributed by atoms with E-state index in [0.717, 1.165) is 5.56 Å². The third kappa shape index (κ3) is 2.53. The predicted octanol–water partition coefficient (Wildman–Crippen LogP) is 0.739. The number of nitrogens with zero attached hydrogens (tertiary/aromatic N) is 1. The lowest BCUT2D eigenvalue weighted by Gasteiger charge is -2.24. The van der Waals surface area contributed by atoms with Crippen molar-refractivity contribution in [3.05, 3.63) is 35.9 Å². The topological polar surface area (TPSA) is 57.6 Å². The van der Waals surface area contributed by atoms with E-state index in [4.69, 9.17) is 0 Å². The van der Waals surface area contributed by atoms with Crippen LogP contribution in [0.3, 0.4) is 0 Å². The van der Waals surface area contributed by atoms with E-state index < -0.39 is 6.04 Å². The molecule has 0 unspecified atom stereocenters. The zero-order valence-electron chi connectivity index (χ0n) is 9.50. The molecule has 2 amide bonds. The van der Waals surface area contributed by atoms with Gasteiger partial charge in [0.15, 0.2) is 0 Å². The van der Waals surface area contributed by atoms with Crippen molar-refractivity contribution in [1.82, 2.24) is 4.90 Å². The summed E-state index contributed by atoms with van der Waals surface area (Å²) < 4.78 is 0. The first kappa shape index (κ1) is 11.8. The van der Waals surface area contributed by atoms with Crippen LogP contribution in [0, 0.1) is 0 Å². The smallest absolute Gasteiger partial charge is 0.230 e. The molecule has 1 heterocycles. The summed E-state index contributed by atoms with van der Waals surface area (Å²) in [5.74, 6) is -0.352. The molecule has 1 saturated heterocycles. The lowest BCUT2D eigenvalue weighted by atomic mass is 10.1. The lowest BCUT2D eigenvalue weighted by molar-refractivity contribution is -0.142. The average Bonchev–Trinajstić information content (AvgIpc) is 2.68. The molecule has 17 heavy (non-hydrogen) atoms. The van der Waals surface area contributed by atoms with Crippen LogP contribution in [0.4, 0.5) is 0 Å². The van der Waals surface area contributed by atoms with E-state index in [2.05, 4.69) is 0 Å². The van der Waals surface area contributed by atoms with Crippen LogP contribution in [0.25, 0.3) is 0 Å². The Balaban J connectivity index is 2.11. The van der Waals surface area contributed by atoms with Gasteiger partial charge in [-0.25, -0.2) is 0 Å². The van der Waals surface area contributed by atoms with Crippen LogP contribution in [0.5, 0.6) is 0 Å². The average molecular weight is 233 g/mol. The summed E-state index contributed by atoms with van der Waals surface area (Å²) in [5.41, 5.74) is 1.01. The zero-order chi connectivity index (χ0) is 12.3. The van der Waals surface area contributed by atoms with Gasteiger partial charge in [-0.3, -0.25) is 14.5 Å². The van der Waals surface area contributed by atoms with Crippen molar-refractivity contribution < 1.29 is 14.7 Å². The molecule has 0 spiro atoms. The predicted molar refractivity (Wildman–Crippen MR) is 62.1 cm³/mol. The van der Waals surface area contributed by atoms with Crippen molar-refractivity contribution in [2.75, 3.05) is 6.61 Å². The van der Waals surface area contributed by atoms with Gasteiger partial charge in [-0.2, -0.15) is 0 Å². The van der Waals surface area contributed by atoms with Crippen LogP contribution >= 0.6 is 0 Å². The van der Waals surface area contributed by atoms with E-state index in [-0.39, 0.29) is 31.3 Å². The van der Waals surface area contributed by atoms with Gasteiger partial charge in [-0.05, 0) is 12.0 Å². The van der Waals surface area contributed by atoms with Gasteiger partial charge in [0.2, 0.25) is 11.8 Å². The lowest BCUT2D eigenvalue weighted by Crippen LogP contribution is -2.43. The van der Waals surface area contributed by atoms with Crippen molar-refractivity contribution in [2.45, 2.75) is 25.3 Å². The van der Waals surface area contributed by atoms with E-state index in [1.165, 1.54) is 4.90 Å². The molecule has 1 fully saturated rings. The number of carbonyl (C=O) groups excluding carboxylic acids is 2. The van der Waals surface area contributed by atoms with E-state index in [1.807, 2.05) is 30.3 Å². The van der Waals surface area contributed by atoms with Crippen molar-refractivity contribution in [1.29, 1.82) is 0 Å². The second kappa shape index (κ2) is 5.10. The summed E-state index contributed by atoms with van der Waals surface area (Å²) in [6.45, 7) is -0.188. The Morgan fingerprint density at radius 2 is 1.71 bits per heavy atom. The van der Waals surface area contributed by atoms with E-state index >= 15 is 0 Å². The van der Waals surface area contributed by atoms with E-state index in [9.17, 15) is 14.7 Å². The summed E-state index contributed by atoms with van der Waals surface area (Å²) in [4.78, 5) is 24.4. The van der Waals surface area contributed by atoms with E-state index in [1.54, 1.807) is 0 Å². The molecular weight excluding hydrogens is 218 g/mol. The first-order valence-corrected chi connectivity index (χ1v) is 5.72. The second-order valence-electron chi connectivity index (χ2n) is 4.18. The van der Waals surface area contributed by atoms with Crippen molar-refractivity contribution in [3.63, 3.8) is 0 Å². The Bertz CT molecular complexity index is 400. The minimum absolute atomic E-state index is 0.176. The number of imide groups is 1. The first-order valence-electron chi connectivity index (χ1n) is 5.72. The number of aliphatic hydroxyl groups is 1. The highest BCUT2D eigenvalue weighted by Gasteiger charge is 2.34. The molecule has 0 aliphatic carbocycles. The molecule has 2 rings (SSSR count). The monoisotopic (exact) mass is 233 g/mol. The summed E-state index contributed by atoms with van der Waals surface area (Å²) >= 11 is 0. The van der Waals surface area contributed by atoms with Gasteiger partial charge in [0, 0.05) is 12.8 Å². The number of benzene rings is 1. The SMILES string of the molecule is O=C1CCC(=O)N1[C@H](CO)Cc1ccccc1. The summed E-state index contributed by atoms with van der Waals surface area (Å²) in [7, 11) is 0. The summed E-state index contributed by atoms with van der Waals surface area (Å²) in [6.07, 6.45) is 1.04. The minimum atomic E-state index is -0.431. The third-order valence-electron chi connectivity index (χ3n) is 2.98. The molecule has 4 heteroatoms. The van der Waals surface area contributed by atoms with Crippen molar-refractivity contribution in [2.24, 2.45) is 0 Å². The van der Waals surface area contributed by atoms with Crippen molar-refractivity contribution >= 4 is 11.8 Å². The molecule has 0 bridgehead atoms. The normalized spacial score (nSPS) is 17.6. The summed E-state index contributed by atoms with van der Waals surface area (Å²) in [5, 5.41) is 9.34. The van der Waals surface area contributed by atoms with Gasteiger partial charge < -0.3 is 5.11 Å². The molecule has 1 aromatic carbocycles. The molecule has 4 nitrogen and oxygen atoms in total. The fourth-order valence-corrected chi connectivity index (χ4v) is 2.12. The molecular formula is C13H15NO3. The Hall–Kier alpha value is -1.68. The maximum absolute atomic E-state index is 11.6. The molecule has 0 saturated carbocycles. The van der Waals surface area contributed by atoms with Gasteiger partial charge in [0.1, 0.15) is 0 Å². The molecule has 1 aliphatic rings. The quantitative estimate of drug-likeness (QED) is 0.780. The van der Waals surface area contributed by atoms with Gasteiger partial charge in [-0.1, -0.05) is 30.3 Å². The highest BCUT2D eigenvalue weighted by atomic mass is 16.3. The zero-order valence-corrected chi connectivity index (χ0v) is 9.50. The van der Waals surface area contributed by atoms with Gasteiger partial charge in [0.25, 0.3) is 0 Å². The number of hydrogen-bond donors (Lipinski definition) is 1. The fourth-order valence-electron chi connectivity index (χ4n) is 2.12. The highest BCUT2D eigenvalue weighted by Crippen LogP contribution is 2.18. The molecule has 1 aromatic rings. The fraction of sp³-hybridized carbons (Fsp3) is 0.385. The van der Waals surface area contributed by atoms with Crippen molar-refractivity contribution in [3.8, 4) is 0 Å².